The molecule has 0 bridgehead atoms. The Morgan fingerprint density at radius 2 is 2.00 bits per heavy atom. The molecule has 14 heavy (non-hydrogen) atoms. The largest absolute Gasteiger partial charge is 0.298 e. The fraction of sp³-hybridized carbons (Fsp3) is 0.333. The summed E-state index contributed by atoms with van der Waals surface area (Å²) in [5, 5.41) is 0. The van der Waals surface area contributed by atoms with Crippen LogP contribution in [0.1, 0.15) is 19.4 Å². The van der Waals surface area contributed by atoms with Crippen molar-refractivity contribution < 1.29 is 4.84 Å². The highest BCUT2D eigenvalue weighted by Gasteiger charge is 1.88. The van der Waals surface area contributed by atoms with Crippen LogP contribution in [0, 0.1) is 11.8 Å². The lowest BCUT2D eigenvalue weighted by molar-refractivity contribution is 0.00245. The molecule has 0 amide bonds. The maximum absolute atomic E-state index is 5.13. The maximum atomic E-state index is 5.13. The average molecular weight is 189 g/mol. The molecule has 0 radical (unpaired) electrons. The topological polar surface area (TPSA) is 21.3 Å². The van der Waals surface area contributed by atoms with Gasteiger partial charge in [0.25, 0.3) is 0 Å². The summed E-state index contributed by atoms with van der Waals surface area (Å²) in [7, 11) is 0. The van der Waals surface area contributed by atoms with Crippen molar-refractivity contribution >= 4 is 0 Å². The van der Waals surface area contributed by atoms with Gasteiger partial charge in [-0.25, -0.2) is 0 Å². The normalized spacial score (nSPS) is 9.64. The van der Waals surface area contributed by atoms with Crippen LogP contribution in [0.4, 0.5) is 0 Å². The lowest BCUT2D eigenvalue weighted by atomic mass is 10.2. The summed E-state index contributed by atoms with van der Waals surface area (Å²) in [6, 6.07) is 9.89. The van der Waals surface area contributed by atoms with Crippen molar-refractivity contribution in [2.24, 2.45) is 0 Å². The van der Waals surface area contributed by atoms with Crippen LogP contribution in [-0.4, -0.2) is 12.6 Å². The Morgan fingerprint density at radius 3 is 2.64 bits per heavy atom. The predicted octanol–water partition coefficient (Wildman–Crippen LogP) is 1.97. The molecule has 0 spiro atoms. The first-order chi connectivity index (χ1) is 6.79. The molecule has 1 N–H and O–H groups in total. The Labute approximate surface area is 85.2 Å². The van der Waals surface area contributed by atoms with Crippen molar-refractivity contribution in [1.82, 2.24) is 5.48 Å². The molecular formula is C12H15NO. The first kappa shape index (κ1) is 10.8. The number of rotatable bonds is 3. The quantitative estimate of drug-likeness (QED) is 0.446. The van der Waals surface area contributed by atoms with Gasteiger partial charge >= 0.3 is 0 Å². The van der Waals surface area contributed by atoms with Crippen molar-refractivity contribution in [3.05, 3.63) is 35.9 Å². The highest BCUT2D eigenvalue weighted by atomic mass is 16.7. The number of benzene rings is 1. The van der Waals surface area contributed by atoms with Gasteiger partial charge in [-0.15, -0.1) is 0 Å². The minimum absolute atomic E-state index is 0.188. The number of nitrogens with one attached hydrogen (secondary N) is 1. The van der Waals surface area contributed by atoms with Gasteiger partial charge in [-0.2, -0.15) is 5.48 Å². The monoisotopic (exact) mass is 189 g/mol. The third kappa shape index (κ3) is 4.66. The Morgan fingerprint density at radius 1 is 1.29 bits per heavy atom. The van der Waals surface area contributed by atoms with Crippen molar-refractivity contribution in [2.75, 3.05) is 6.54 Å². The second-order valence-corrected chi connectivity index (χ2v) is 3.16. The number of hydrogen-bond acceptors (Lipinski definition) is 2. The molecular weight excluding hydrogens is 174 g/mol. The highest BCUT2D eigenvalue weighted by molar-refractivity contribution is 5.33. The van der Waals surface area contributed by atoms with E-state index in [0.717, 1.165) is 5.56 Å². The standard InChI is InChI=1S/C12H15NO/c1-11(2)14-13-10-6-9-12-7-4-3-5-8-12/h3-5,7-8,11,13H,10H2,1-2H3. The maximum Gasteiger partial charge on any atom is 0.0825 e. The van der Waals surface area contributed by atoms with Gasteiger partial charge in [-0.05, 0) is 26.0 Å². The van der Waals surface area contributed by atoms with Crippen molar-refractivity contribution in [3.63, 3.8) is 0 Å². The molecule has 1 aromatic rings. The number of hydroxylamine groups is 1. The minimum atomic E-state index is 0.188. The van der Waals surface area contributed by atoms with Crippen molar-refractivity contribution in [3.8, 4) is 11.8 Å². The van der Waals surface area contributed by atoms with Crippen LogP contribution in [-0.2, 0) is 4.84 Å². The molecule has 2 heteroatoms. The lowest BCUT2D eigenvalue weighted by Crippen LogP contribution is -2.19. The SMILES string of the molecule is CC(C)ONCC#Cc1ccccc1. The van der Waals surface area contributed by atoms with E-state index < -0.39 is 0 Å². The molecule has 74 valence electrons. The van der Waals surface area contributed by atoms with Gasteiger partial charge in [0.15, 0.2) is 0 Å². The van der Waals surface area contributed by atoms with Crippen LogP contribution in [0.15, 0.2) is 30.3 Å². The first-order valence-electron chi connectivity index (χ1n) is 4.71. The molecule has 0 saturated carbocycles. The molecule has 2 nitrogen and oxygen atoms in total. The van der Waals surface area contributed by atoms with E-state index in [2.05, 4.69) is 17.3 Å². The van der Waals surface area contributed by atoms with Crippen LogP contribution in [0.25, 0.3) is 0 Å². The van der Waals surface area contributed by atoms with E-state index in [0.29, 0.717) is 6.54 Å². The van der Waals surface area contributed by atoms with Gasteiger partial charge in [0, 0.05) is 5.56 Å². The van der Waals surface area contributed by atoms with Crippen molar-refractivity contribution in [1.29, 1.82) is 0 Å². The number of hydrogen-bond donors (Lipinski definition) is 1. The molecule has 0 heterocycles. The highest BCUT2D eigenvalue weighted by Crippen LogP contribution is 1.94. The van der Waals surface area contributed by atoms with E-state index in [1.54, 1.807) is 0 Å². The molecule has 0 aliphatic heterocycles. The Bertz CT molecular complexity index is 308. The minimum Gasteiger partial charge on any atom is -0.298 e. The summed E-state index contributed by atoms with van der Waals surface area (Å²) in [6.07, 6.45) is 0.188. The predicted molar refractivity (Wildman–Crippen MR) is 57.5 cm³/mol. The Balaban J connectivity index is 2.28. The van der Waals surface area contributed by atoms with Crippen LogP contribution in [0.2, 0.25) is 0 Å². The van der Waals surface area contributed by atoms with Gasteiger partial charge in [0.1, 0.15) is 0 Å². The van der Waals surface area contributed by atoms with E-state index in [1.807, 2.05) is 44.2 Å². The second kappa shape index (κ2) is 6.20. The van der Waals surface area contributed by atoms with Crippen LogP contribution < -0.4 is 5.48 Å². The summed E-state index contributed by atoms with van der Waals surface area (Å²) in [4.78, 5) is 5.13. The van der Waals surface area contributed by atoms with Crippen LogP contribution in [0.5, 0.6) is 0 Å². The summed E-state index contributed by atoms with van der Waals surface area (Å²) in [6.45, 7) is 4.49. The van der Waals surface area contributed by atoms with Gasteiger partial charge in [-0.3, -0.25) is 4.84 Å². The van der Waals surface area contributed by atoms with Gasteiger partial charge in [0.2, 0.25) is 0 Å². The zero-order chi connectivity index (χ0) is 10.2. The zero-order valence-electron chi connectivity index (χ0n) is 8.58. The van der Waals surface area contributed by atoms with E-state index in [-0.39, 0.29) is 6.10 Å². The Kier molecular flexibility index (Phi) is 4.77. The van der Waals surface area contributed by atoms with Gasteiger partial charge in [0.05, 0.1) is 12.6 Å². The molecule has 0 aliphatic carbocycles. The molecule has 0 aromatic heterocycles. The van der Waals surface area contributed by atoms with Gasteiger partial charge < -0.3 is 0 Å². The Hall–Kier alpha value is -1.30. The molecule has 0 unspecified atom stereocenters. The van der Waals surface area contributed by atoms with E-state index in [9.17, 15) is 0 Å². The smallest absolute Gasteiger partial charge is 0.0825 e. The van der Waals surface area contributed by atoms with E-state index in [1.165, 1.54) is 0 Å². The summed E-state index contributed by atoms with van der Waals surface area (Å²) >= 11 is 0. The molecule has 1 aromatic carbocycles. The zero-order valence-corrected chi connectivity index (χ0v) is 8.58. The molecule has 0 saturated heterocycles. The molecule has 0 aliphatic rings. The van der Waals surface area contributed by atoms with E-state index in [4.69, 9.17) is 4.84 Å². The summed E-state index contributed by atoms with van der Waals surface area (Å²) in [5.74, 6) is 6.00. The van der Waals surface area contributed by atoms with Crippen molar-refractivity contribution in [2.45, 2.75) is 20.0 Å². The summed E-state index contributed by atoms with van der Waals surface area (Å²) in [5.41, 5.74) is 3.81. The second-order valence-electron chi connectivity index (χ2n) is 3.16. The molecule has 0 atom stereocenters. The fourth-order valence-corrected chi connectivity index (χ4v) is 0.912. The average Bonchev–Trinajstić information content (AvgIpc) is 2.18. The third-order valence-corrected chi connectivity index (χ3v) is 1.49. The van der Waals surface area contributed by atoms with Gasteiger partial charge in [-0.1, -0.05) is 30.0 Å². The van der Waals surface area contributed by atoms with Crippen LogP contribution >= 0.6 is 0 Å². The third-order valence-electron chi connectivity index (χ3n) is 1.49. The summed E-state index contributed by atoms with van der Waals surface area (Å²) < 4.78 is 0. The molecule has 1 rings (SSSR count). The lowest BCUT2D eigenvalue weighted by Gasteiger charge is -2.04. The fourth-order valence-electron chi connectivity index (χ4n) is 0.912. The van der Waals surface area contributed by atoms with E-state index >= 15 is 0 Å². The van der Waals surface area contributed by atoms with Crippen LogP contribution in [0.3, 0.4) is 0 Å². The first-order valence-corrected chi connectivity index (χ1v) is 4.71. The molecule has 0 fully saturated rings.